The molecule has 2 aromatic carbocycles. The molecule has 0 aliphatic carbocycles. The van der Waals surface area contributed by atoms with Gasteiger partial charge in [0.1, 0.15) is 5.75 Å². The number of nitrogens with zero attached hydrogens (tertiary/aromatic N) is 2. The first-order valence-corrected chi connectivity index (χ1v) is 12.0. The zero-order valence-electron chi connectivity index (χ0n) is 20.3. The Morgan fingerprint density at radius 3 is 2.41 bits per heavy atom. The lowest BCUT2D eigenvalue weighted by molar-refractivity contribution is -0.146. The molecular formula is C27H37ClN2O4. The number of carbonyl (C=O) groups is 2. The number of hydrogen-bond donors (Lipinski definition) is 0. The number of rotatable bonds is 12. The molecule has 1 amide bonds. The van der Waals surface area contributed by atoms with E-state index < -0.39 is 5.97 Å². The second-order valence-electron chi connectivity index (χ2n) is 8.59. The summed E-state index contributed by atoms with van der Waals surface area (Å²) in [6.45, 7) is 5.27. The SMILES string of the molecule is CCCCOC(=O)COc1ccccc1CC(=O)N(C)[C@H](CN1CCCC1)c1ccccc1.Cl. The molecular weight excluding hydrogens is 452 g/mol. The van der Waals surface area contributed by atoms with Gasteiger partial charge < -0.3 is 19.3 Å². The van der Waals surface area contributed by atoms with Crippen LogP contribution in [0.15, 0.2) is 54.6 Å². The Morgan fingerprint density at radius 2 is 1.71 bits per heavy atom. The van der Waals surface area contributed by atoms with Crippen LogP contribution >= 0.6 is 12.4 Å². The van der Waals surface area contributed by atoms with Crippen LogP contribution < -0.4 is 4.74 Å². The number of likely N-dealkylation sites (tertiary alicyclic amines) is 1. The van der Waals surface area contributed by atoms with Gasteiger partial charge in [-0.25, -0.2) is 4.79 Å². The summed E-state index contributed by atoms with van der Waals surface area (Å²) < 4.78 is 10.9. The number of benzene rings is 2. The lowest BCUT2D eigenvalue weighted by Crippen LogP contribution is -2.39. The van der Waals surface area contributed by atoms with Gasteiger partial charge in [-0.05, 0) is 44.0 Å². The Bertz CT molecular complexity index is 887. The molecule has 3 rings (SSSR count). The van der Waals surface area contributed by atoms with Crippen LogP contribution in [0.4, 0.5) is 0 Å². The van der Waals surface area contributed by atoms with Crippen molar-refractivity contribution in [3.8, 4) is 5.75 Å². The monoisotopic (exact) mass is 488 g/mol. The number of esters is 1. The maximum atomic E-state index is 13.3. The van der Waals surface area contributed by atoms with Gasteiger partial charge in [0.15, 0.2) is 6.61 Å². The van der Waals surface area contributed by atoms with E-state index >= 15 is 0 Å². The van der Waals surface area contributed by atoms with Crippen molar-refractivity contribution < 1.29 is 19.1 Å². The van der Waals surface area contributed by atoms with Crippen molar-refractivity contribution in [2.45, 2.75) is 45.1 Å². The molecule has 0 unspecified atom stereocenters. The maximum Gasteiger partial charge on any atom is 0.344 e. The fraction of sp³-hybridized carbons (Fsp3) is 0.481. The molecule has 0 aromatic heterocycles. The van der Waals surface area contributed by atoms with Gasteiger partial charge in [-0.2, -0.15) is 0 Å². The third-order valence-corrected chi connectivity index (χ3v) is 6.10. The molecule has 7 heteroatoms. The number of halogens is 1. The van der Waals surface area contributed by atoms with Crippen molar-refractivity contribution in [1.29, 1.82) is 0 Å². The highest BCUT2D eigenvalue weighted by Crippen LogP contribution is 2.25. The van der Waals surface area contributed by atoms with E-state index in [1.807, 2.05) is 55.3 Å². The predicted molar refractivity (Wildman–Crippen MR) is 136 cm³/mol. The topological polar surface area (TPSA) is 59.1 Å². The van der Waals surface area contributed by atoms with Gasteiger partial charge in [0.2, 0.25) is 5.91 Å². The summed E-state index contributed by atoms with van der Waals surface area (Å²) in [7, 11) is 1.88. The average molecular weight is 489 g/mol. The number of likely N-dealkylation sites (N-methyl/N-ethyl adjacent to an activating group) is 1. The lowest BCUT2D eigenvalue weighted by atomic mass is 10.0. The lowest BCUT2D eigenvalue weighted by Gasteiger charge is -2.32. The van der Waals surface area contributed by atoms with Crippen molar-refractivity contribution in [3.05, 3.63) is 65.7 Å². The number of unbranched alkanes of at least 4 members (excludes halogenated alkanes) is 1. The van der Waals surface area contributed by atoms with Gasteiger partial charge in [-0.3, -0.25) is 4.79 Å². The molecule has 1 heterocycles. The van der Waals surface area contributed by atoms with Gasteiger partial charge in [0.25, 0.3) is 0 Å². The number of amides is 1. The van der Waals surface area contributed by atoms with E-state index in [-0.39, 0.29) is 37.4 Å². The largest absolute Gasteiger partial charge is 0.482 e. The Hall–Kier alpha value is -2.57. The molecule has 1 atom stereocenters. The van der Waals surface area contributed by atoms with Crippen LogP contribution in [0.3, 0.4) is 0 Å². The van der Waals surface area contributed by atoms with E-state index in [0.717, 1.165) is 43.6 Å². The summed E-state index contributed by atoms with van der Waals surface area (Å²) in [6, 6.07) is 17.6. The molecule has 6 nitrogen and oxygen atoms in total. The fourth-order valence-electron chi connectivity index (χ4n) is 4.10. The highest BCUT2D eigenvalue weighted by atomic mass is 35.5. The molecule has 2 aromatic rings. The Morgan fingerprint density at radius 1 is 1.03 bits per heavy atom. The van der Waals surface area contributed by atoms with E-state index in [4.69, 9.17) is 9.47 Å². The molecule has 1 aliphatic heterocycles. The van der Waals surface area contributed by atoms with E-state index in [0.29, 0.717) is 12.4 Å². The second-order valence-corrected chi connectivity index (χ2v) is 8.59. The molecule has 1 fully saturated rings. The number of para-hydroxylation sites is 1. The minimum Gasteiger partial charge on any atom is -0.482 e. The third kappa shape index (κ3) is 8.33. The van der Waals surface area contributed by atoms with Gasteiger partial charge in [-0.15, -0.1) is 12.4 Å². The van der Waals surface area contributed by atoms with Gasteiger partial charge in [0, 0.05) is 19.2 Å². The van der Waals surface area contributed by atoms with E-state index in [2.05, 4.69) is 17.0 Å². The van der Waals surface area contributed by atoms with Crippen molar-refractivity contribution in [3.63, 3.8) is 0 Å². The first kappa shape index (κ1) is 27.7. The predicted octanol–water partition coefficient (Wildman–Crippen LogP) is 4.67. The van der Waals surface area contributed by atoms with E-state index in [1.54, 1.807) is 6.07 Å². The highest BCUT2D eigenvalue weighted by Gasteiger charge is 2.26. The van der Waals surface area contributed by atoms with Crippen molar-refractivity contribution >= 4 is 24.3 Å². The summed E-state index contributed by atoms with van der Waals surface area (Å²) in [4.78, 5) is 29.5. The average Bonchev–Trinajstić information content (AvgIpc) is 3.35. The zero-order chi connectivity index (χ0) is 23.5. The molecule has 0 saturated carbocycles. The molecule has 0 spiro atoms. The smallest absolute Gasteiger partial charge is 0.344 e. The van der Waals surface area contributed by atoms with Gasteiger partial charge >= 0.3 is 5.97 Å². The van der Waals surface area contributed by atoms with Gasteiger partial charge in [-0.1, -0.05) is 61.9 Å². The van der Waals surface area contributed by atoms with Crippen LogP contribution in [0, 0.1) is 0 Å². The van der Waals surface area contributed by atoms with Crippen molar-refractivity contribution in [1.82, 2.24) is 9.80 Å². The van der Waals surface area contributed by atoms with Crippen LogP contribution in [0.5, 0.6) is 5.75 Å². The minimum absolute atomic E-state index is 0. The quantitative estimate of drug-likeness (QED) is 0.321. The number of hydrogen-bond acceptors (Lipinski definition) is 5. The Kier molecular flexibility index (Phi) is 11.9. The Balaban J connectivity index is 0.00000408. The molecule has 34 heavy (non-hydrogen) atoms. The summed E-state index contributed by atoms with van der Waals surface area (Å²) in [5.74, 6) is 0.170. The Labute approximate surface area is 209 Å². The normalized spacial score (nSPS) is 14.2. The van der Waals surface area contributed by atoms with Crippen molar-refractivity contribution in [2.24, 2.45) is 0 Å². The minimum atomic E-state index is -0.392. The number of ether oxygens (including phenoxy) is 2. The molecule has 0 bridgehead atoms. The first-order chi connectivity index (χ1) is 16.1. The molecule has 0 N–H and O–H groups in total. The van der Waals surface area contributed by atoms with Gasteiger partial charge in [0.05, 0.1) is 19.1 Å². The maximum absolute atomic E-state index is 13.3. The van der Waals surface area contributed by atoms with E-state index in [9.17, 15) is 9.59 Å². The summed E-state index contributed by atoms with van der Waals surface area (Å²) >= 11 is 0. The molecule has 1 aliphatic rings. The first-order valence-electron chi connectivity index (χ1n) is 12.0. The van der Waals surface area contributed by atoms with Crippen molar-refractivity contribution in [2.75, 3.05) is 39.9 Å². The summed E-state index contributed by atoms with van der Waals surface area (Å²) in [5, 5.41) is 0. The highest BCUT2D eigenvalue weighted by molar-refractivity contribution is 5.85. The third-order valence-electron chi connectivity index (χ3n) is 6.10. The standard InChI is InChI=1S/C27H36N2O4.ClH/c1-3-4-18-32-27(31)21-33-25-15-9-8-14-23(25)19-26(30)28(2)24(20-29-16-10-11-17-29)22-12-6-5-7-13-22;/h5-9,12-15,24H,3-4,10-11,16-21H2,1-2H3;1H/t24-;/m1./s1. The van der Waals surface area contributed by atoms with Crippen LogP contribution in [0.1, 0.15) is 49.8 Å². The van der Waals surface area contributed by atoms with Crippen LogP contribution in [0.25, 0.3) is 0 Å². The van der Waals surface area contributed by atoms with E-state index in [1.165, 1.54) is 12.8 Å². The van der Waals surface area contributed by atoms with Crippen LogP contribution in [0.2, 0.25) is 0 Å². The van der Waals surface area contributed by atoms with Crippen LogP contribution in [-0.2, 0) is 20.7 Å². The molecule has 1 saturated heterocycles. The second kappa shape index (κ2) is 14.6. The zero-order valence-corrected chi connectivity index (χ0v) is 21.1. The number of carbonyl (C=O) groups excluding carboxylic acids is 2. The molecule has 186 valence electrons. The van der Waals surface area contributed by atoms with Crippen LogP contribution in [-0.4, -0.2) is 61.6 Å². The fourth-order valence-corrected chi connectivity index (χ4v) is 4.10. The summed E-state index contributed by atoms with van der Waals surface area (Å²) in [5.41, 5.74) is 1.91. The summed E-state index contributed by atoms with van der Waals surface area (Å²) in [6.07, 6.45) is 4.44. The molecule has 0 radical (unpaired) electrons.